The number of carbonyl (C=O) groups excluding carboxylic acids is 3. The lowest BCUT2D eigenvalue weighted by Gasteiger charge is -2.21. The predicted octanol–water partition coefficient (Wildman–Crippen LogP) is 5.04. The lowest BCUT2D eigenvalue weighted by molar-refractivity contribution is -0.147. The molecule has 3 N–H and O–H groups in total. The lowest BCUT2D eigenvalue weighted by atomic mass is 9.85. The van der Waals surface area contributed by atoms with Crippen molar-refractivity contribution in [1.82, 2.24) is 5.32 Å². The van der Waals surface area contributed by atoms with Crippen molar-refractivity contribution in [2.75, 3.05) is 7.11 Å². The number of amides is 2. The molecule has 0 bridgehead atoms. The Hall–Kier alpha value is -3.81. The molecule has 1 atom stereocenters. The number of carbonyl (C=O) groups is 3. The maximum absolute atomic E-state index is 13.1. The summed E-state index contributed by atoms with van der Waals surface area (Å²) in [5, 5.41) is 2.51. The van der Waals surface area contributed by atoms with Crippen LogP contribution in [-0.4, -0.2) is 31.2 Å². The molecule has 3 rings (SSSR count). The topological polar surface area (TPSA) is 117 Å². The molecule has 1 heterocycles. The normalized spacial score (nSPS) is 14.9. The number of aryl methyl sites for hydroxylation is 1. The quantitative estimate of drug-likeness (QED) is 0.373. The molecule has 1 aliphatic rings. The number of cyclic esters (lactones) is 1. The molecule has 0 aliphatic carbocycles. The Bertz CT molecular complexity index is 1220. The lowest BCUT2D eigenvalue weighted by Crippen LogP contribution is -2.33. The largest absolute Gasteiger partial charge is 0.496 e. The van der Waals surface area contributed by atoms with Crippen LogP contribution in [0.15, 0.2) is 35.9 Å². The van der Waals surface area contributed by atoms with Gasteiger partial charge >= 0.3 is 18.0 Å². The van der Waals surface area contributed by atoms with Crippen molar-refractivity contribution in [3.63, 3.8) is 0 Å². The van der Waals surface area contributed by atoms with Gasteiger partial charge in [0.1, 0.15) is 5.75 Å². The van der Waals surface area contributed by atoms with Crippen molar-refractivity contribution in [3.8, 4) is 16.9 Å². The Morgan fingerprint density at radius 2 is 1.92 bits per heavy atom. The molecular weight excluding hydrogens is 460 g/mol. The number of benzene rings is 2. The van der Waals surface area contributed by atoms with E-state index in [0.717, 1.165) is 22.3 Å². The summed E-state index contributed by atoms with van der Waals surface area (Å²) in [5.41, 5.74) is 11.3. The summed E-state index contributed by atoms with van der Waals surface area (Å²) in [6.45, 7) is 9.42. The standard InChI is InChI=1S/C28H34N2O6/c1-15(2)35-21(31)13-11-16(3)10-12-20-23(19-9-7-8-17(4)14-19)24-22(18(5)25(20)34-6)26(30-28(29)33)36-27(24)32/h7-10,14-15,26H,11-13H2,1-6H3,(H3,29,30,33). The first-order valence-electron chi connectivity index (χ1n) is 12.0. The molecule has 2 amide bonds. The number of primary amides is 1. The molecule has 2 aromatic carbocycles. The molecule has 0 fully saturated rings. The van der Waals surface area contributed by atoms with E-state index in [0.29, 0.717) is 47.3 Å². The van der Waals surface area contributed by atoms with Crippen LogP contribution in [0.3, 0.4) is 0 Å². The monoisotopic (exact) mass is 494 g/mol. The minimum atomic E-state index is -0.999. The highest BCUT2D eigenvalue weighted by Crippen LogP contribution is 2.46. The maximum atomic E-state index is 13.1. The maximum Gasteiger partial charge on any atom is 0.341 e. The van der Waals surface area contributed by atoms with Gasteiger partial charge < -0.3 is 19.9 Å². The summed E-state index contributed by atoms with van der Waals surface area (Å²) < 4.78 is 16.6. The summed E-state index contributed by atoms with van der Waals surface area (Å²) in [6.07, 6.45) is 2.20. The Balaban J connectivity index is 2.12. The second-order valence-electron chi connectivity index (χ2n) is 9.26. The second kappa shape index (κ2) is 11.3. The number of methoxy groups -OCH3 is 1. The van der Waals surface area contributed by atoms with Gasteiger partial charge in [0.25, 0.3) is 0 Å². The minimum Gasteiger partial charge on any atom is -0.496 e. The molecule has 0 radical (unpaired) electrons. The Kier molecular flexibility index (Phi) is 8.40. The van der Waals surface area contributed by atoms with Gasteiger partial charge in [0.05, 0.1) is 18.8 Å². The fourth-order valence-corrected chi connectivity index (χ4v) is 4.52. The van der Waals surface area contributed by atoms with Gasteiger partial charge in [0, 0.05) is 28.7 Å². The zero-order valence-corrected chi connectivity index (χ0v) is 21.7. The summed E-state index contributed by atoms with van der Waals surface area (Å²) in [4.78, 5) is 36.7. The van der Waals surface area contributed by atoms with Crippen LogP contribution in [0.5, 0.6) is 5.75 Å². The zero-order valence-electron chi connectivity index (χ0n) is 21.7. The van der Waals surface area contributed by atoms with Crippen molar-refractivity contribution in [3.05, 3.63) is 63.7 Å². The van der Waals surface area contributed by atoms with Crippen LogP contribution in [0.4, 0.5) is 4.79 Å². The van der Waals surface area contributed by atoms with E-state index in [-0.39, 0.29) is 12.1 Å². The first-order chi connectivity index (χ1) is 17.0. The van der Waals surface area contributed by atoms with E-state index in [1.807, 2.05) is 65.0 Å². The number of rotatable bonds is 9. The summed E-state index contributed by atoms with van der Waals surface area (Å²) >= 11 is 0. The summed E-state index contributed by atoms with van der Waals surface area (Å²) in [6, 6.07) is 7.03. The smallest absolute Gasteiger partial charge is 0.341 e. The van der Waals surface area contributed by atoms with Gasteiger partial charge in [-0.15, -0.1) is 0 Å². The van der Waals surface area contributed by atoms with Crippen molar-refractivity contribution in [2.45, 2.75) is 66.2 Å². The Labute approximate surface area is 211 Å². The highest BCUT2D eigenvalue weighted by atomic mass is 16.6. The van der Waals surface area contributed by atoms with Crippen molar-refractivity contribution in [2.24, 2.45) is 5.73 Å². The highest BCUT2D eigenvalue weighted by Gasteiger charge is 2.39. The van der Waals surface area contributed by atoms with Gasteiger partial charge in [0.15, 0.2) is 0 Å². The summed E-state index contributed by atoms with van der Waals surface area (Å²) in [7, 11) is 1.57. The number of allylic oxidation sites excluding steroid dienone is 2. The average molecular weight is 495 g/mol. The fourth-order valence-electron chi connectivity index (χ4n) is 4.52. The first-order valence-corrected chi connectivity index (χ1v) is 12.0. The number of nitrogens with two attached hydrogens (primary N) is 1. The number of ether oxygens (including phenoxy) is 3. The molecule has 36 heavy (non-hydrogen) atoms. The van der Waals surface area contributed by atoms with Crippen LogP contribution in [0.2, 0.25) is 0 Å². The Morgan fingerprint density at radius 1 is 1.19 bits per heavy atom. The van der Waals surface area contributed by atoms with Gasteiger partial charge in [-0.1, -0.05) is 41.5 Å². The number of hydrogen-bond donors (Lipinski definition) is 2. The molecule has 0 aromatic heterocycles. The average Bonchev–Trinajstić information content (AvgIpc) is 3.11. The van der Waals surface area contributed by atoms with Gasteiger partial charge in [0.2, 0.25) is 6.23 Å². The third-order valence-corrected chi connectivity index (χ3v) is 6.06. The number of urea groups is 1. The van der Waals surface area contributed by atoms with Crippen LogP contribution < -0.4 is 15.8 Å². The zero-order chi connectivity index (χ0) is 26.6. The first kappa shape index (κ1) is 26.8. The molecule has 2 aromatic rings. The van der Waals surface area contributed by atoms with E-state index in [1.165, 1.54) is 0 Å². The molecular formula is C28H34N2O6. The fraction of sp³-hybridized carbons (Fsp3) is 0.393. The summed E-state index contributed by atoms with van der Waals surface area (Å²) in [5.74, 6) is -0.174. The molecule has 0 spiro atoms. The van der Waals surface area contributed by atoms with Crippen LogP contribution >= 0.6 is 0 Å². The number of esters is 2. The molecule has 0 saturated carbocycles. The van der Waals surface area contributed by atoms with Crippen molar-refractivity contribution in [1.29, 1.82) is 0 Å². The van der Waals surface area contributed by atoms with Crippen LogP contribution in [0, 0.1) is 13.8 Å². The van der Waals surface area contributed by atoms with Crippen LogP contribution in [-0.2, 0) is 20.7 Å². The van der Waals surface area contributed by atoms with E-state index in [9.17, 15) is 14.4 Å². The van der Waals surface area contributed by atoms with E-state index in [4.69, 9.17) is 19.9 Å². The highest BCUT2D eigenvalue weighted by molar-refractivity contribution is 6.04. The van der Waals surface area contributed by atoms with E-state index in [1.54, 1.807) is 7.11 Å². The van der Waals surface area contributed by atoms with Gasteiger partial charge in [-0.2, -0.15) is 0 Å². The third-order valence-electron chi connectivity index (χ3n) is 6.06. The number of hydrogen-bond acceptors (Lipinski definition) is 6. The molecule has 1 unspecified atom stereocenters. The van der Waals surface area contributed by atoms with E-state index >= 15 is 0 Å². The molecule has 192 valence electrons. The van der Waals surface area contributed by atoms with Gasteiger partial charge in [-0.3, -0.25) is 10.1 Å². The van der Waals surface area contributed by atoms with Gasteiger partial charge in [-0.05, 0) is 53.0 Å². The van der Waals surface area contributed by atoms with E-state index < -0.39 is 18.2 Å². The third kappa shape index (κ3) is 5.87. The van der Waals surface area contributed by atoms with Crippen LogP contribution in [0.1, 0.15) is 72.5 Å². The molecule has 8 heteroatoms. The van der Waals surface area contributed by atoms with Gasteiger partial charge in [-0.25, -0.2) is 9.59 Å². The molecule has 8 nitrogen and oxygen atoms in total. The predicted molar refractivity (Wildman–Crippen MR) is 137 cm³/mol. The SMILES string of the molecule is COc1c(C)c2c(c(-c3cccc(C)c3)c1CC=C(C)CCC(=O)OC(C)C)C(=O)OC2NC(N)=O. The minimum absolute atomic E-state index is 0.148. The number of nitrogens with one attached hydrogen (secondary N) is 1. The molecule has 1 aliphatic heterocycles. The van der Waals surface area contributed by atoms with Crippen LogP contribution in [0.25, 0.3) is 11.1 Å². The van der Waals surface area contributed by atoms with E-state index in [2.05, 4.69) is 5.32 Å². The second-order valence-corrected chi connectivity index (χ2v) is 9.26. The number of fused-ring (bicyclic) bond motifs is 1. The van der Waals surface area contributed by atoms with Crippen molar-refractivity contribution < 1.29 is 28.6 Å². The van der Waals surface area contributed by atoms with Crippen molar-refractivity contribution >= 4 is 18.0 Å². The molecule has 0 saturated heterocycles. The Morgan fingerprint density at radius 3 is 2.53 bits per heavy atom.